The molecule has 0 N–H and O–H groups in total. The van der Waals surface area contributed by atoms with Crippen molar-refractivity contribution in [2.24, 2.45) is 0 Å². The summed E-state index contributed by atoms with van der Waals surface area (Å²) >= 11 is 2.47. The molecule has 1 aliphatic rings. The molecule has 0 atom stereocenters. The van der Waals surface area contributed by atoms with Gasteiger partial charge < -0.3 is 9.30 Å². The van der Waals surface area contributed by atoms with Gasteiger partial charge in [0.15, 0.2) is 5.75 Å². The fraction of sp³-hybridized carbons (Fsp3) is 0. The molecular weight excluding hydrogens is 621 g/mol. The van der Waals surface area contributed by atoms with Gasteiger partial charge in [0.1, 0.15) is 5.75 Å². The van der Waals surface area contributed by atoms with Crippen LogP contribution in [-0.4, -0.2) is 4.57 Å². The second-order valence-electron chi connectivity index (χ2n) is 9.91. The number of rotatable bonds is 3. The van der Waals surface area contributed by atoms with Crippen molar-refractivity contribution in [3.8, 4) is 17.2 Å². The van der Waals surface area contributed by atoms with Crippen LogP contribution in [0.3, 0.4) is 0 Å². The van der Waals surface area contributed by atoms with E-state index >= 15 is 0 Å². The van der Waals surface area contributed by atoms with E-state index < -0.39 is 10.0 Å². The van der Waals surface area contributed by atoms with E-state index in [0.717, 1.165) is 20.8 Å². The molecular formula is C36H24INOS. The predicted octanol–water partition coefficient (Wildman–Crippen LogP) is 10.8. The Bertz CT molecular complexity index is 1960. The van der Waals surface area contributed by atoms with Gasteiger partial charge in [-0.25, -0.2) is 0 Å². The third-order valence-corrected chi connectivity index (χ3v) is 12.5. The van der Waals surface area contributed by atoms with Crippen molar-refractivity contribution in [1.29, 1.82) is 0 Å². The maximum atomic E-state index is 6.76. The first-order chi connectivity index (χ1) is 19.8. The molecule has 0 saturated heterocycles. The molecule has 1 aromatic heterocycles. The zero-order valence-corrected chi connectivity index (χ0v) is 24.5. The lowest BCUT2D eigenvalue weighted by Crippen LogP contribution is -2.13. The maximum absolute atomic E-state index is 6.76. The average molecular weight is 646 g/mol. The second kappa shape index (κ2) is 9.29. The van der Waals surface area contributed by atoms with Crippen molar-refractivity contribution in [2.75, 3.05) is 0 Å². The first-order valence-electron chi connectivity index (χ1n) is 13.3. The zero-order chi connectivity index (χ0) is 26.7. The highest BCUT2D eigenvalue weighted by molar-refractivity contribution is 14.1. The fourth-order valence-corrected chi connectivity index (χ4v) is 11.1. The van der Waals surface area contributed by atoms with Gasteiger partial charge in [-0.2, -0.15) is 0 Å². The molecule has 0 saturated carbocycles. The van der Waals surface area contributed by atoms with E-state index in [1.807, 2.05) is 0 Å². The number of nitrogens with zero attached hydrogens (tertiary/aromatic N) is 1. The van der Waals surface area contributed by atoms with Crippen LogP contribution in [0.2, 0.25) is 0 Å². The van der Waals surface area contributed by atoms with Crippen LogP contribution in [0.15, 0.2) is 165 Å². The largest absolute Gasteiger partial charge is 0.454 e. The molecule has 7 aromatic rings. The molecule has 0 unspecified atom stereocenters. The van der Waals surface area contributed by atoms with Crippen molar-refractivity contribution in [3.63, 3.8) is 0 Å². The summed E-state index contributed by atoms with van der Waals surface area (Å²) in [6.07, 6.45) is 0. The maximum Gasteiger partial charge on any atom is 0.153 e. The van der Waals surface area contributed by atoms with E-state index in [2.05, 4.69) is 173 Å². The zero-order valence-electron chi connectivity index (χ0n) is 21.5. The van der Waals surface area contributed by atoms with Crippen molar-refractivity contribution in [2.45, 2.75) is 19.6 Å². The molecule has 0 radical (unpaired) electrons. The number of hydrogen-bond acceptors (Lipinski definition) is 1. The van der Waals surface area contributed by atoms with Gasteiger partial charge in [0.05, 0.1) is 14.6 Å². The first kappa shape index (κ1) is 23.9. The molecule has 0 fully saturated rings. The minimum Gasteiger partial charge on any atom is -0.454 e. The number of hydrogen-bond donors (Lipinski definition) is 0. The molecule has 6 aromatic carbocycles. The first-order valence-corrected chi connectivity index (χ1v) is 16.0. The molecule has 40 heavy (non-hydrogen) atoms. The van der Waals surface area contributed by atoms with Gasteiger partial charge in [0.25, 0.3) is 0 Å². The summed E-state index contributed by atoms with van der Waals surface area (Å²) in [4.78, 5) is 5.06. The standard InChI is InChI=1S/C36H24INOS/c37-30-23-25(38-31-19-9-7-17-28(31)29-18-8-10-20-32(29)38)24-35-36(30)39-33-21-11-12-22-34(33)40(35,26-13-3-1-4-14-26)27-15-5-2-6-16-27/h1-24H. The smallest absolute Gasteiger partial charge is 0.153 e. The number of fused-ring (bicyclic) bond motifs is 5. The van der Waals surface area contributed by atoms with Crippen molar-refractivity contribution >= 4 is 54.4 Å². The van der Waals surface area contributed by atoms with Gasteiger partial charge in [-0.1, -0.05) is 84.9 Å². The Morgan fingerprint density at radius 1 is 0.525 bits per heavy atom. The van der Waals surface area contributed by atoms with Gasteiger partial charge in [0, 0.05) is 36.0 Å². The Labute approximate surface area is 248 Å². The monoisotopic (exact) mass is 645 g/mol. The van der Waals surface area contributed by atoms with E-state index in [1.54, 1.807) is 0 Å². The van der Waals surface area contributed by atoms with Crippen molar-refractivity contribution < 1.29 is 4.74 Å². The number of halogens is 1. The molecule has 0 bridgehead atoms. The topological polar surface area (TPSA) is 14.2 Å². The van der Waals surface area contributed by atoms with Crippen LogP contribution in [0.4, 0.5) is 0 Å². The van der Waals surface area contributed by atoms with E-state index in [4.69, 9.17) is 4.74 Å². The summed E-state index contributed by atoms with van der Waals surface area (Å²) in [5.41, 5.74) is 3.56. The van der Waals surface area contributed by atoms with Gasteiger partial charge in [0.2, 0.25) is 0 Å². The number of para-hydroxylation sites is 3. The summed E-state index contributed by atoms with van der Waals surface area (Å²) in [6, 6.07) is 52.6. The van der Waals surface area contributed by atoms with Gasteiger partial charge in [-0.05, 0) is 83.3 Å². The Morgan fingerprint density at radius 2 is 1.05 bits per heavy atom. The van der Waals surface area contributed by atoms with Gasteiger partial charge in [-0.15, -0.1) is 10.0 Å². The Morgan fingerprint density at radius 3 is 1.68 bits per heavy atom. The molecule has 4 heteroatoms. The molecule has 0 aliphatic carbocycles. The normalized spacial score (nSPS) is 14.3. The lowest BCUT2D eigenvalue weighted by Gasteiger charge is -2.46. The van der Waals surface area contributed by atoms with E-state index in [-0.39, 0.29) is 0 Å². The van der Waals surface area contributed by atoms with Crippen molar-refractivity contribution in [1.82, 2.24) is 4.57 Å². The molecule has 0 spiro atoms. The van der Waals surface area contributed by atoms with E-state index in [9.17, 15) is 0 Å². The molecule has 2 heterocycles. The van der Waals surface area contributed by atoms with Gasteiger partial charge in [-0.3, -0.25) is 0 Å². The highest BCUT2D eigenvalue weighted by Gasteiger charge is 2.42. The summed E-state index contributed by atoms with van der Waals surface area (Å²) in [5.74, 6) is 1.88. The summed E-state index contributed by atoms with van der Waals surface area (Å²) in [5, 5.41) is 2.52. The molecule has 8 rings (SSSR count). The quantitative estimate of drug-likeness (QED) is 0.175. The predicted molar refractivity (Wildman–Crippen MR) is 174 cm³/mol. The Balaban J connectivity index is 1.53. The Hall–Kier alpha value is -4.00. The van der Waals surface area contributed by atoms with Crippen LogP contribution in [0.25, 0.3) is 27.5 Å². The number of ether oxygens (including phenoxy) is 1. The van der Waals surface area contributed by atoms with Gasteiger partial charge >= 0.3 is 0 Å². The lowest BCUT2D eigenvalue weighted by molar-refractivity contribution is 0.448. The third kappa shape index (κ3) is 3.36. The Kier molecular flexibility index (Phi) is 5.54. The van der Waals surface area contributed by atoms with Crippen LogP contribution >= 0.6 is 32.6 Å². The van der Waals surface area contributed by atoms with Crippen LogP contribution in [0.5, 0.6) is 11.5 Å². The summed E-state index contributed by atoms with van der Waals surface area (Å²) in [6.45, 7) is 0. The molecule has 0 amide bonds. The number of benzene rings is 6. The molecule has 2 nitrogen and oxygen atoms in total. The highest BCUT2D eigenvalue weighted by atomic mass is 127. The highest BCUT2D eigenvalue weighted by Crippen LogP contribution is 2.79. The third-order valence-electron chi connectivity index (χ3n) is 7.75. The lowest BCUT2D eigenvalue weighted by atomic mass is 10.2. The van der Waals surface area contributed by atoms with Crippen LogP contribution in [0.1, 0.15) is 0 Å². The molecule has 1 aliphatic heterocycles. The minimum atomic E-state index is -1.86. The molecule has 192 valence electrons. The van der Waals surface area contributed by atoms with E-state index in [0.29, 0.717) is 0 Å². The minimum absolute atomic E-state index is 0.931. The fourth-order valence-electron chi connectivity index (χ4n) is 6.12. The van der Waals surface area contributed by atoms with Crippen LogP contribution in [-0.2, 0) is 0 Å². The second-order valence-corrected chi connectivity index (χ2v) is 14.1. The van der Waals surface area contributed by atoms with E-state index in [1.165, 1.54) is 41.4 Å². The SMILES string of the molecule is Ic1cc(-n2c3ccccc3c3ccccc32)cc2c1Oc1ccccc1S2(c1ccccc1)c1ccccc1. The van der Waals surface area contributed by atoms with Crippen LogP contribution < -0.4 is 4.74 Å². The summed E-state index contributed by atoms with van der Waals surface area (Å²) in [7, 11) is -1.86. The van der Waals surface area contributed by atoms with Crippen molar-refractivity contribution in [3.05, 3.63) is 149 Å². The number of aromatic nitrogens is 1. The van der Waals surface area contributed by atoms with Crippen LogP contribution in [0, 0.1) is 3.57 Å². The summed E-state index contributed by atoms with van der Waals surface area (Å²) < 4.78 is 10.3. The average Bonchev–Trinajstić information content (AvgIpc) is 3.35.